The summed E-state index contributed by atoms with van der Waals surface area (Å²) in [4.78, 5) is 14.1. The van der Waals surface area contributed by atoms with Crippen LogP contribution in [0.15, 0.2) is 17.2 Å². The zero-order valence-corrected chi connectivity index (χ0v) is 12.5. The monoisotopic (exact) mass is 304 g/mol. The highest BCUT2D eigenvalue weighted by Crippen LogP contribution is 2.24. The van der Waals surface area contributed by atoms with Gasteiger partial charge in [0, 0.05) is 36.0 Å². The van der Waals surface area contributed by atoms with Gasteiger partial charge in [0.05, 0.1) is 0 Å². The third-order valence-electron chi connectivity index (χ3n) is 3.27. The average molecular weight is 305 g/mol. The molecule has 1 fully saturated rings. The van der Waals surface area contributed by atoms with E-state index in [2.05, 4.69) is 0 Å². The molecular formula is C12H17ClN2O3S. The minimum atomic E-state index is -3.81. The maximum atomic E-state index is 12.4. The van der Waals surface area contributed by atoms with Gasteiger partial charge in [-0.05, 0) is 32.8 Å². The summed E-state index contributed by atoms with van der Waals surface area (Å²) in [5.41, 5.74) is 0.385. The molecule has 0 aliphatic carbocycles. The van der Waals surface area contributed by atoms with Crippen molar-refractivity contribution in [2.75, 3.05) is 13.1 Å². The molecule has 0 atom stereocenters. The number of amides is 1. The van der Waals surface area contributed by atoms with Crippen molar-refractivity contribution >= 4 is 25.6 Å². The molecule has 1 aromatic rings. The molecule has 1 aliphatic rings. The molecule has 1 aliphatic heterocycles. The third kappa shape index (κ3) is 2.95. The molecule has 0 aromatic carbocycles. The Balaban J connectivity index is 2.43. The summed E-state index contributed by atoms with van der Waals surface area (Å²) >= 11 is 0. The van der Waals surface area contributed by atoms with E-state index < -0.39 is 9.05 Å². The molecule has 0 radical (unpaired) electrons. The Morgan fingerprint density at radius 3 is 2.37 bits per heavy atom. The van der Waals surface area contributed by atoms with Crippen molar-refractivity contribution in [3.05, 3.63) is 18.0 Å². The van der Waals surface area contributed by atoms with Crippen LogP contribution in [0, 0.1) is 0 Å². The number of hydrogen-bond donors (Lipinski definition) is 0. The highest BCUT2D eigenvalue weighted by atomic mass is 35.7. The van der Waals surface area contributed by atoms with E-state index in [0.717, 1.165) is 25.9 Å². The van der Waals surface area contributed by atoms with Gasteiger partial charge in [0.2, 0.25) is 0 Å². The Morgan fingerprint density at radius 1 is 1.32 bits per heavy atom. The predicted molar refractivity (Wildman–Crippen MR) is 73.0 cm³/mol. The van der Waals surface area contributed by atoms with Crippen LogP contribution in [-0.2, 0) is 9.05 Å². The van der Waals surface area contributed by atoms with E-state index >= 15 is 0 Å². The van der Waals surface area contributed by atoms with E-state index in [9.17, 15) is 13.2 Å². The van der Waals surface area contributed by atoms with Gasteiger partial charge in [-0.2, -0.15) is 0 Å². The van der Waals surface area contributed by atoms with Crippen LogP contribution in [-0.4, -0.2) is 36.9 Å². The topological polar surface area (TPSA) is 59.4 Å². The Bertz CT molecular complexity index is 586. The van der Waals surface area contributed by atoms with Gasteiger partial charge in [-0.1, -0.05) is 0 Å². The number of halogens is 1. The normalized spacial score (nSPS) is 16.3. The van der Waals surface area contributed by atoms with Gasteiger partial charge in [0.25, 0.3) is 15.0 Å². The number of nitrogens with zero attached hydrogens (tertiary/aromatic N) is 2. The fourth-order valence-corrected chi connectivity index (χ4v) is 3.01. The second-order valence-electron chi connectivity index (χ2n) is 5.00. The van der Waals surface area contributed by atoms with Gasteiger partial charge in [-0.15, -0.1) is 0 Å². The lowest BCUT2D eigenvalue weighted by Crippen LogP contribution is -2.29. The molecular weight excluding hydrogens is 288 g/mol. The first-order valence-electron chi connectivity index (χ1n) is 6.26. The molecule has 0 saturated carbocycles. The van der Waals surface area contributed by atoms with Gasteiger partial charge in [-0.3, -0.25) is 4.79 Å². The first-order valence-corrected chi connectivity index (χ1v) is 8.57. The predicted octanol–water partition coefficient (Wildman–Crippen LogP) is 2.23. The standard InChI is InChI=1S/C12H17ClN2O3S/c1-9(2)15-8-10(19(13,17)18)7-11(15)12(16)14-5-3-4-6-14/h7-9H,3-6H2,1-2H3. The lowest BCUT2D eigenvalue weighted by atomic mass is 10.3. The smallest absolute Gasteiger partial charge is 0.270 e. The molecule has 0 unspecified atom stereocenters. The summed E-state index contributed by atoms with van der Waals surface area (Å²) in [6.07, 6.45) is 3.42. The van der Waals surface area contributed by atoms with Crippen LogP contribution in [0.2, 0.25) is 0 Å². The van der Waals surface area contributed by atoms with Crippen LogP contribution in [0.4, 0.5) is 0 Å². The van der Waals surface area contributed by atoms with Crippen LogP contribution in [0.5, 0.6) is 0 Å². The fraction of sp³-hybridized carbons (Fsp3) is 0.583. The second-order valence-corrected chi connectivity index (χ2v) is 7.57. The first-order chi connectivity index (χ1) is 8.80. The van der Waals surface area contributed by atoms with E-state index in [-0.39, 0.29) is 16.8 Å². The van der Waals surface area contributed by atoms with Gasteiger partial charge in [0.1, 0.15) is 10.6 Å². The Labute approximate surface area is 117 Å². The van der Waals surface area contributed by atoms with Gasteiger partial charge in [-0.25, -0.2) is 8.42 Å². The number of carbonyl (C=O) groups excluding carboxylic acids is 1. The second kappa shape index (κ2) is 5.17. The molecule has 1 saturated heterocycles. The van der Waals surface area contributed by atoms with Crippen molar-refractivity contribution in [3.8, 4) is 0 Å². The van der Waals surface area contributed by atoms with E-state index in [1.54, 1.807) is 9.47 Å². The van der Waals surface area contributed by atoms with Crippen LogP contribution in [0.25, 0.3) is 0 Å². The van der Waals surface area contributed by atoms with Crippen molar-refractivity contribution in [1.29, 1.82) is 0 Å². The molecule has 0 N–H and O–H groups in total. The molecule has 1 amide bonds. The molecule has 5 nitrogen and oxygen atoms in total. The van der Waals surface area contributed by atoms with Crippen LogP contribution in [0.3, 0.4) is 0 Å². The number of likely N-dealkylation sites (tertiary alicyclic amines) is 1. The largest absolute Gasteiger partial charge is 0.340 e. The lowest BCUT2D eigenvalue weighted by Gasteiger charge is -2.18. The average Bonchev–Trinajstić information content (AvgIpc) is 2.96. The van der Waals surface area contributed by atoms with E-state index in [4.69, 9.17) is 10.7 Å². The van der Waals surface area contributed by atoms with Gasteiger partial charge >= 0.3 is 0 Å². The zero-order valence-electron chi connectivity index (χ0n) is 11.0. The lowest BCUT2D eigenvalue weighted by molar-refractivity contribution is 0.0780. The summed E-state index contributed by atoms with van der Waals surface area (Å²) < 4.78 is 24.4. The minimum absolute atomic E-state index is 0.00582. The number of carbonyl (C=O) groups is 1. The van der Waals surface area contributed by atoms with E-state index in [1.165, 1.54) is 12.3 Å². The van der Waals surface area contributed by atoms with Crippen molar-refractivity contribution < 1.29 is 13.2 Å². The molecule has 2 heterocycles. The SMILES string of the molecule is CC(C)n1cc(S(=O)(=O)Cl)cc1C(=O)N1CCCC1. The van der Waals surface area contributed by atoms with Gasteiger partial charge < -0.3 is 9.47 Å². The Morgan fingerprint density at radius 2 is 1.89 bits per heavy atom. The van der Waals surface area contributed by atoms with Crippen molar-refractivity contribution in [2.24, 2.45) is 0 Å². The number of rotatable bonds is 3. The maximum absolute atomic E-state index is 12.4. The van der Waals surface area contributed by atoms with Crippen LogP contribution in [0.1, 0.15) is 43.2 Å². The summed E-state index contributed by atoms with van der Waals surface area (Å²) in [7, 11) is 1.53. The molecule has 0 bridgehead atoms. The Hall–Kier alpha value is -1.01. The fourth-order valence-electron chi connectivity index (χ4n) is 2.27. The maximum Gasteiger partial charge on any atom is 0.270 e. The summed E-state index contributed by atoms with van der Waals surface area (Å²) in [5.74, 6) is -0.127. The first kappa shape index (κ1) is 14.4. The van der Waals surface area contributed by atoms with Crippen LogP contribution >= 0.6 is 10.7 Å². The zero-order chi connectivity index (χ0) is 14.2. The quantitative estimate of drug-likeness (QED) is 0.805. The van der Waals surface area contributed by atoms with Crippen molar-refractivity contribution in [1.82, 2.24) is 9.47 Å². The highest BCUT2D eigenvalue weighted by molar-refractivity contribution is 8.13. The van der Waals surface area contributed by atoms with Crippen molar-refractivity contribution in [2.45, 2.75) is 37.6 Å². The molecule has 1 aromatic heterocycles. The third-order valence-corrected chi connectivity index (χ3v) is 4.59. The summed E-state index contributed by atoms with van der Waals surface area (Å²) in [5, 5.41) is 0. The molecule has 19 heavy (non-hydrogen) atoms. The molecule has 106 valence electrons. The molecule has 7 heteroatoms. The molecule has 2 rings (SSSR count). The molecule has 0 spiro atoms. The van der Waals surface area contributed by atoms with E-state index in [1.807, 2.05) is 13.8 Å². The number of hydrogen-bond acceptors (Lipinski definition) is 3. The summed E-state index contributed by atoms with van der Waals surface area (Å²) in [6.45, 7) is 5.24. The highest BCUT2D eigenvalue weighted by Gasteiger charge is 2.26. The Kier molecular flexibility index (Phi) is 3.92. The summed E-state index contributed by atoms with van der Waals surface area (Å²) in [6, 6.07) is 1.36. The van der Waals surface area contributed by atoms with E-state index in [0.29, 0.717) is 5.69 Å². The van der Waals surface area contributed by atoms with Crippen molar-refractivity contribution in [3.63, 3.8) is 0 Å². The van der Waals surface area contributed by atoms with Crippen LogP contribution < -0.4 is 0 Å². The van der Waals surface area contributed by atoms with Gasteiger partial charge in [0.15, 0.2) is 0 Å². The minimum Gasteiger partial charge on any atom is -0.340 e. The number of aromatic nitrogens is 1.